The van der Waals surface area contributed by atoms with Gasteiger partial charge in [0.05, 0.1) is 12.3 Å². The van der Waals surface area contributed by atoms with E-state index < -0.39 is 0 Å². The van der Waals surface area contributed by atoms with Gasteiger partial charge in [0.1, 0.15) is 5.76 Å². The highest BCUT2D eigenvalue weighted by atomic mass is 16.3. The highest BCUT2D eigenvalue weighted by Gasteiger charge is 2.22. The number of hydrogen-bond donors (Lipinski definition) is 1. The lowest BCUT2D eigenvalue weighted by Crippen LogP contribution is -2.29. The molecule has 0 saturated carbocycles. The molecular formula is C13H13NO. The van der Waals surface area contributed by atoms with Gasteiger partial charge in [0, 0.05) is 18.5 Å². The van der Waals surface area contributed by atoms with E-state index in [1.54, 1.807) is 6.26 Å². The van der Waals surface area contributed by atoms with Crippen LogP contribution in [0.3, 0.4) is 0 Å². The van der Waals surface area contributed by atoms with Crippen molar-refractivity contribution in [2.24, 2.45) is 0 Å². The topological polar surface area (TPSA) is 25.2 Å². The van der Waals surface area contributed by atoms with Crippen LogP contribution < -0.4 is 5.32 Å². The zero-order valence-electron chi connectivity index (χ0n) is 8.44. The number of hydrogen-bond acceptors (Lipinski definition) is 2. The molecule has 1 N–H and O–H groups in total. The van der Waals surface area contributed by atoms with Crippen molar-refractivity contribution in [2.75, 3.05) is 6.54 Å². The van der Waals surface area contributed by atoms with Gasteiger partial charge in [-0.05, 0) is 11.6 Å². The molecule has 3 rings (SSSR count). The highest BCUT2D eigenvalue weighted by molar-refractivity contribution is 5.34. The average Bonchev–Trinajstić information content (AvgIpc) is 2.78. The molecule has 1 unspecified atom stereocenters. The zero-order valence-corrected chi connectivity index (χ0v) is 8.44. The van der Waals surface area contributed by atoms with Crippen LogP contribution in [0, 0.1) is 0 Å². The zero-order chi connectivity index (χ0) is 10.1. The fourth-order valence-corrected chi connectivity index (χ4v) is 2.19. The third-order valence-corrected chi connectivity index (χ3v) is 2.92. The van der Waals surface area contributed by atoms with Crippen LogP contribution in [0.2, 0.25) is 0 Å². The lowest BCUT2D eigenvalue weighted by atomic mass is 9.95. The second-order valence-electron chi connectivity index (χ2n) is 3.85. The van der Waals surface area contributed by atoms with E-state index in [1.807, 2.05) is 6.07 Å². The fourth-order valence-electron chi connectivity index (χ4n) is 2.19. The molecule has 0 saturated heterocycles. The van der Waals surface area contributed by atoms with Gasteiger partial charge in [-0.25, -0.2) is 0 Å². The van der Waals surface area contributed by atoms with Crippen molar-refractivity contribution in [3.05, 3.63) is 59.5 Å². The minimum Gasteiger partial charge on any atom is -0.469 e. The van der Waals surface area contributed by atoms with Crippen molar-refractivity contribution < 1.29 is 4.42 Å². The van der Waals surface area contributed by atoms with E-state index in [0.717, 1.165) is 18.7 Å². The predicted molar refractivity (Wildman–Crippen MR) is 58.7 cm³/mol. The molecular weight excluding hydrogens is 186 g/mol. The maximum Gasteiger partial charge on any atom is 0.110 e. The highest BCUT2D eigenvalue weighted by Crippen LogP contribution is 2.28. The SMILES string of the molecule is c1ccc(C2NCCc3occc32)cc1. The second kappa shape index (κ2) is 3.55. The van der Waals surface area contributed by atoms with Gasteiger partial charge < -0.3 is 9.73 Å². The van der Waals surface area contributed by atoms with Crippen molar-refractivity contribution in [1.29, 1.82) is 0 Å². The first-order valence-corrected chi connectivity index (χ1v) is 5.30. The predicted octanol–water partition coefficient (Wildman–Crippen LogP) is 2.51. The smallest absolute Gasteiger partial charge is 0.110 e. The molecule has 1 atom stereocenters. The van der Waals surface area contributed by atoms with Crippen molar-refractivity contribution in [3.8, 4) is 0 Å². The first-order valence-electron chi connectivity index (χ1n) is 5.30. The van der Waals surface area contributed by atoms with Crippen molar-refractivity contribution >= 4 is 0 Å². The molecule has 0 fully saturated rings. The molecule has 1 aromatic carbocycles. The van der Waals surface area contributed by atoms with Crippen LogP contribution in [0.25, 0.3) is 0 Å². The summed E-state index contributed by atoms with van der Waals surface area (Å²) in [6, 6.07) is 12.9. The Morgan fingerprint density at radius 2 is 2.00 bits per heavy atom. The Bertz CT molecular complexity index is 447. The lowest BCUT2D eigenvalue weighted by molar-refractivity contribution is 0.456. The van der Waals surface area contributed by atoms with Crippen LogP contribution >= 0.6 is 0 Å². The maximum atomic E-state index is 5.47. The molecule has 2 aromatic rings. The van der Waals surface area contributed by atoms with Crippen LogP contribution in [-0.4, -0.2) is 6.54 Å². The third-order valence-electron chi connectivity index (χ3n) is 2.92. The Balaban J connectivity index is 2.03. The minimum absolute atomic E-state index is 0.300. The summed E-state index contributed by atoms with van der Waals surface area (Å²) in [5.41, 5.74) is 2.59. The molecule has 0 spiro atoms. The van der Waals surface area contributed by atoms with Gasteiger partial charge in [0.15, 0.2) is 0 Å². The van der Waals surface area contributed by atoms with E-state index >= 15 is 0 Å². The van der Waals surface area contributed by atoms with Gasteiger partial charge in [-0.2, -0.15) is 0 Å². The fraction of sp³-hybridized carbons (Fsp3) is 0.231. The Morgan fingerprint density at radius 1 is 1.13 bits per heavy atom. The van der Waals surface area contributed by atoms with Crippen molar-refractivity contribution in [1.82, 2.24) is 5.32 Å². The van der Waals surface area contributed by atoms with Gasteiger partial charge in [0.2, 0.25) is 0 Å². The number of furan rings is 1. The van der Waals surface area contributed by atoms with Gasteiger partial charge in [-0.15, -0.1) is 0 Å². The monoisotopic (exact) mass is 199 g/mol. The van der Waals surface area contributed by atoms with Crippen LogP contribution in [0.4, 0.5) is 0 Å². The largest absolute Gasteiger partial charge is 0.469 e. The summed E-state index contributed by atoms with van der Waals surface area (Å²) in [4.78, 5) is 0. The normalized spacial score (nSPS) is 19.9. The molecule has 0 aliphatic carbocycles. The van der Waals surface area contributed by atoms with E-state index in [9.17, 15) is 0 Å². The molecule has 0 amide bonds. The van der Waals surface area contributed by atoms with Crippen LogP contribution in [0.5, 0.6) is 0 Å². The van der Waals surface area contributed by atoms with Crippen LogP contribution in [-0.2, 0) is 6.42 Å². The Morgan fingerprint density at radius 3 is 2.87 bits per heavy atom. The van der Waals surface area contributed by atoms with E-state index in [0.29, 0.717) is 6.04 Å². The third kappa shape index (κ3) is 1.47. The van der Waals surface area contributed by atoms with Gasteiger partial charge >= 0.3 is 0 Å². The van der Waals surface area contributed by atoms with E-state index in [-0.39, 0.29) is 0 Å². The first kappa shape index (κ1) is 8.74. The molecule has 2 heteroatoms. The molecule has 1 aliphatic heterocycles. The summed E-state index contributed by atoms with van der Waals surface area (Å²) in [6.07, 6.45) is 2.78. The molecule has 0 bridgehead atoms. The van der Waals surface area contributed by atoms with Gasteiger partial charge in [-0.3, -0.25) is 0 Å². The number of benzene rings is 1. The number of rotatable bonds is 1. The Labute approximate surface area is 88.9 Å². The van der Waals surface area contributed by atoms with E-state index in [4.69, 9.17) is 4.42 Å². The summed E-state index contributed by atoms with van der Waals surface area (Å²) in [6.45, 7) is 0.986. The molecule has 2 nitrogen and oxygen atoms in total. The first-order chi connectivity index (χ1) is 7.45. The average molecular weight is 199 g/mol. The minimum atomic E-state index is 0.300. The summed E-state index contributed by atoms with van der Waals surface area (Å²) in [5, 5.41) is 3.52. The quantitative estimate of drug-likeness (QED) is 0.763. The Hall–Kier alpha value is -1.54. The molecule has 76 valence electrons. The van der Waals surface area contributed by atoms with Gasteiger partial charge in [0.25, 0.3) is 0 Å². The summed E-state index contributed by atoms with van der Waals surface area (Å²) < 4.78 is 5.47. The van der Waals surface area contributed by atoms with E-state index in [2.05, 4.69) is 35.6 Å². The van der Waals surface area contributed by atoms with Crippen molar-refractivity contribution in [3.63, 3.8) is 0 Å². The van der Waals surface area contributed by atoms with Gasteiger partial charge in [-0.1, -0.05) is 30.3 Å². The summed E-state index contributed by atoms with van der Waals surface area (Å²) >= 11 is 0. The summed E-state index contributed by atoms with van der Waals surface area (Å²) in [7, 11) is 0. The second-order valence-corrected chi connectivity index (χ2v) is 3.85. The lowest BCUT2D eigenvalue weighted by Gasteiger charge is -2.23. The maximum absolute atomic E-state index is 5.47. The van der Waals surface area contributed by atoms with Crippen LogP contribution in [0.15, 0.2) is 47.1 Å². The molecule has 0 radical (unpaired) electrons. The number of fused-ring (bicyclic) bond motifs is 1. The molecule has 2 heterocycles. The van der Waals surface area contributed by atoms with E-state index in [1.165, 1.54) is 11.1 Å². The molecule has 1 aromatic heterocycles. The number of nitrogens with one attached hydrogen (secondary N) is 1. The van der Waals surface area contributed by atoms with Crippen LogP contribution in [0.1, 0.15) is 22.9 Å². The van der Waals surface area contributed by atoms with Crippen molar-refractivity contribution in [2.45, 2.75) is 12.5 Å². The Kier molecular flexibility index (Phi) is 2.07. The summed E-state index contributed by atoms with van der Waals surface area (Å²) in [5.74, 6) is 1.13. The molecule has 1 aliphatic rings. The standard InChI is InChI=1S/C13H13NO/c1-2-4-10(5-3-1)13-11-7-9-15-12(11)6-8-14-13/h1-5,7,9,13-14H,6,8H2. The molecule has 15 heavy (non-hydrogen) atoms.